The number of piperidine rings is 1. The molecule has 1 saturated carbocycles. The number of carbonyl (C=O) groups is 1. The number of hydrogen-bond donors (Lipinski definition) is 3. The lowest BCUT2D eigenvalue weighted by Crippen LogP contribution is -2.54. The lowest BCUT2D eigenvalue weighted by Gasteiger charge is -2.56. The number of likely N-dealkylation sites (tertiary alicyclic amines) is 1. The summed E-state index contributed by atoms with van der Waals surface area (Å²) in [5.74, 6) is 0.511. The smallest absolute Gasteiger partial charge is 0.293 e. The highest BCUT2D eigenvalue weighted by Gasteiger charge is 2.50. The molecule has 340 valence electrons. The second kappa shape index (κ2) is 19.1. The van der Waals surface area contributed by atoms with Crippen LogP contribution >= 0.6 is 13.5 Å². The number of nitrogens with one attached hydrogen (secondary N) is 3. The minimum Gasteiger partial charge on any atom is -0.455 e. The molecule has 9 rings (SSSR count). The van der Waals surface area contributed by atoms with Crippen molar-refractivity contribution in [3.8, 4) is 11.5 Å². The van der Waals surface area contributed by atoms with Gasteiger partial charge in [-0.25, -0.2) is 18.1 Å². The first kappa shape index (κ1) is 45.4. The molecule has 3 N–H and O–H groups in total. The molecule has 14 nitrogen and oxygen atoms in total. The molecule has 0 bridgehead atoms. The monoisotopic (exact) mass is 909 g/mol. The van der Waals surface area contributed by atoms with Crippen molar-refractivity contribution in [2.75, 3.05) is 49.6 Å². The molecule has 1 aliphatic carbocycles. The molecule has 2 aromatic heterocycles. The van der Waals surface area contributed by atoms with Crippen LogP contribution in [0.5, 0.6) is 11.5 Å². The van der Waals surface area contributed by atoms with Crippen LogP contribution in [-0.4, -0.2) is 79.6 Å². The molecule has 1 atom stereocenters. The Morgan fingerprint density at radius 1 is 1.02 bits per heavy atom. The summed E-state index contributed by atoms with van der Waals surface area (Å²) in [6.07, 6.45) is 13.1. The summed E-state index contributed by atoms with van der Waals surface area (Å²) in [7, 11) is -4.54. The fourth-order valence-electron chi connectivity index (χ4n) is 10.4. The van der Waals surface area contributed by atoms with Crippen molar-refractivity contribution >= 4 is 57.5 Å². The van der Waals surface area contributed by atoms with E-state index in [1.165, 1.54) is 48.9 Å². The fourth-order valence-corrected chi connectivity index (χ4v) is 11.4. The Morgan fingerprint density at radius 3 is 2.56 bits per heavy atom. The molecule has 1 spiro atoms. The van der Waals surface area contributed by atoms with E-state index in [2.05, 4.69) is 67.9 Å². The van der Waals surface area contributed by atoms with Gasteiger partial charge in [-0.3, -0.25) is 19.8 Å². The number of rotatable bonds is 14. The van der Waals surface area contributed by atoms with Crippen LogP contribution in [-0.2, 0) is 21.2 Å². The SMILES string of the molecule is CC(C)Cc1ccccc1[C@@H]1CCCN1C1CC2(CCN(c3ccc(C(=O)NS(=O)(=O)c4ccc(NCC5CCOCC5)c([N+](=O)[O-])c4)c(Oc4cnc5[nH]ccc5c4)c3)CC2)C1.S. The fraction of sp³-hybridized carbons (Fsp3) is 0.458. The number of anilines is 2. The molecule has 0 unspecified atom stereocenters. The largest absolute Gasteiger partial charge is 0.455 e. The number of fused-ring (bicyclic) bond motifs is 1. The average molecular weight is 910 g/mol. The minimum absolute atomic E-state index is 0. The molecule has 5 aromatic rings. The van der Waals surface area contributed by atoms with E-state index in [0.717, 1.165) is 68.9 Å². The van der Waals surface area contributed by atoms with Gasteiger partial charge in [0, 0.05) is 74.3 Å². The number of sulfonamides is 1. The number of nitro groups is 1. The Labute approximate surface area is 382 Å². The Kier molecular flexibility index (Phi) is 13.6. The number of H-pyrrole nitrogens is 1. The van der Waals surface area contributed by atoms with Gasteiger partial charge in [-0.1, -0.05) is 38.1 Å². The zero-order valence-corrected chi connectivity index (χ0v) is 38.4. The second-order valence-corrected chi connectivity index (χ2v) is 20.1. The van der Waals surface area contributed by atoms with Crippen LogP contribution in [0.4, 0.5) is 17.1 Å². The minimum atomic E-state index is -4.54. The van der Waals surface area contributed by atoms with Crippen LogP contribution in [0.15, 0.2) is 90.1 Å². The first-order chi connectivity index (χ1) is 30.4. The predicted octanol–water partition coefficient (Wildman–Crippen LogP) is 9.12. The van der Waals surface area contributed by atoms with Crippen molar-refractivity contribution in [3.63, 3.8) is 0 Å². The van der Waals surface area contributed by atoms with Gasteiger partial charge in [0.2, 0.25) is 0 Å². The third-order valence-electron chi connectivity index (χ3n) is 13.8. The van der Waals surface area contributed by atoms with Crippen molar-refractivity contribution in [2.24, 2.45) is 17.3 Å². The molecule has 5 heterocycles. The molecular formula is C48H59N7O7S2. The van der Waals surface area contributed by atoms with Gasteiger partial charge in [-0.2, -0.15) is 13.5 Å². The standard InChI is InChI=1S/C48H57N7O7S.H2S/c1-32(2)24-34-6-3-4-7-40(34)43-8-5-19-54(43)37-28-48(29-37)16-20-53(21-17-48)36-9-11-41(45(26-36)62-38-25-35-13-18-49-46(35)51-31-38)47(56)52-63(59,60)39-10-12-42(44(27-39)55(57)58)50-30-33-14-22-61-23-15-33;/h3-4,6-7,9-13,18,25-27,31-33,37,43,50H,5,8,14-17,19-24,28-30H2,1-2H3,(H,49,51)(H,52,56);1H2/t43-;/m0./s1. The van der Waals surface area contributed by atoms with Crippen molar-refractivity contribution in [3.05, 3.63) is 112 Å². The van der Waals surface area contributed by atoms with Gasteiger partial charge in [0.25, 0.3) is 21.6 Å². The third kappa shape index (κ3) is 9.75. The van der Waals surface area contributed by atoms with Gasteiger partial charge in [0.1, 0.15) is 22.8 Å². The predicted molar refractivity (Wildman–Crippen MR) is 253 cm³/mol. The van der Waals surface area contributed by atoms with E-state index < -0.39 is 31.4 Å². The quantitative estimate of drug-likeness (QED) is 0.0717. The van der Waals surface area contributed by atoms with Gasteiger partial charge in [-0.05, 0) is 129 Å². The van der Waals surface area contributed by atoms with Crippen molar-refractivity contribution in [1.29, 1.82) is 0 Å². The number of amides is 1. The van der Waals surface area contributed by atoms with E-state index in [-0.39, 0.29) is 36.4 Å². The van der Waals surface area contributed by atoms with Crippen LogP contribution < -0.4 is 19.7 Å². The van der Waals surface area contributed by atoms with Gasteiger partial charge in [-0.15, -0.1) is 0 Å². The first-order valence-corrected chi connectivity index (χ1v) is 23.9. The van der Waals surface area contributed by atoms with Crippen molar-refractivity contribution < 1.29 is 27.6 Å². The van der Waals surface area contributed by atoms with E-state index in [4.69, 9.17) is 9.47 Å². The first-order valence-electron chi connectivity index (χ1n) is 22.4. The number of aromatic amines is 1. The van der Waals surface area contributed by atoms with E-state index in [1.807, 2.05) is 12.1 Å². The van der Waals surface area contributed by atoms with Crippen LogP contribution in [0.1, 0.15) is 92.7 Å². The second-order valence-electron chi connectivity index (χ2n) is 18.4. The highest BCUT2D eigenvalue weighted by atomic mass is 32.2. The molecule has 3 saturated heterocycles. The highest BCUT2D eigenvalue weighted by Crippen LogP contribution is 2.54. The summed E-state index contributed by atoms with van der Waals surface area (Å²) in [6, 6.07) is 22.6. The van der Waals surface area contributed by atoms with Gasteiger partial charge < -0.3 is 24.7 Å². The van der Waals surface area contributed by atoms with E-state index in [1.54, 1.807) is 30.6 Å². The molecule has 0 radical (unpaired) electrons. The van der Waals surface area contributed by atoms with E-state index >= 15 is 0 Å². The summed E-state index contributed by atoms with van der Waals surface area (Å²) >= 11 is 0. The number of carbonyl (C=O) groups excluding carboxylic acids is 1. The highest BCUT2D eigenvalue weighted by molar-refractivity contribution is 7.90. The number of ether oxygens (including phenoxy) is 2. The molecule has 3 aliphatic heterocycles. The van der Waals surface area contributed by atoms with Crippen molar-refractivity contribution in [2.45, 2.75) is 88.6 Å². The van der Waals surface area contributed by atoms with E-state index in [0.29, 0.717) is 54.6 Å². The topological polar surface area (TPSA) is 172 Å². The maximum atomic E-state index is 14.0. The Bertz CT molecular complexity index is 2580. The number of nitrogens with zero attached hydrogens (tertiary/aromatic N) is 4. The lowest BCUT2D eigenvalue weighted by atomic mass is 9.59. The number of hydrogen-bond acceptors (Lipinski definition) is 11. The van der Waals surface area contributed by atoms with Crippen LogP contribution in [0, 0.1) is 27.4 Å². The molecule has 3 aromatic carbocycles. The maximum Gasteiger partial charge on any atom is 0.293 e. The molecular weight excluding hydrogens is 851 g/mol. The average Bonchev–Trinajstić information content (AvgIpc) is 3.95. The molecule has 4 fully saturated rings. The number of nitro benzene ring substituents is 1. The zero-order chi connectivity index (χ0) is 43.7. The maximum absolute atomic E-state index is 14.0. The third-order valence-corrected chi connectivity index (χ3v) is 15.1. The summed E-state index contributed by atoms with van der Waals surface area (Å²) < 4.78 is 41.3. The van der Waals surface area contributed by atoms with Gasteiger partial charge >= 0.3 is 0 Å². The van der Waals surface area contributed by atoms with Gasteiger partial charge in [0.15, 0.2) is 0 Å². The van der Waals surface area contributed by atoms with Gasteiger partial charge in [0.05, 0.1) is 21.6 Å². The molecule has 1 amide bonds. The lowest BCUT2D eigenvalue weighted by molar-refractivity contribution is -0.384. The zero-order valence-electron chi connectivity index (χ0n) is 36.6. The number of pyridine rings is 1. The summed E-state index contributed by atoms with van der Waals surface area (Å²) in [5.41, 5.74) is 4.66. The molecule has 4 aliphatic rings. The van der Waals surface area contributed by atoms with Crippen LogP contribution in [0.3, 0.4) is 0 Å². The Balaban J connectivity index is 0.00000560. The normalized spacial score (nSPS) is 19.4. The summed E-state index contributed by atoms with van der Waals surface area (Å²) in [6.45, 7) is 9.21. The summed E-state index contributed by atoms with van der Waals surface area (Å²) in [5, 5.41) is 16.0. The molecule has 16 heteroatoms. The Hall–Kier alpha value is -5.16. The number of aromatic nitrogens is 2. The summed E-state index contributed by atoms with van der Waals surface area (Å²) in [4.78, 5) is 37.6. The van der Waals surface area contributed by atoms with E-state index in [9.17, 15) is 23.3 Å². The number of benzene rings is 3. The van der Waals surface area contributed by atoms with Crippen LogP contribution in [0.25, 0.3) is 11.0 Å². The Morgan fingerprint density at radius 2 is 1.80 bits per heavy atom. The van der Waals surface area contributed by atoms with Crippen molar-refractivity contribution in [1.82, 2.24) is 19.6 Å². The van der Waals surface area contributed by atoms with Crippen LogP contribution in [0.2, 0.25) is 0 Å². The molecule has 64 heavy (non-hydrogen) atoms.